The minimum absolute atomic E-state index is 0.0676. The molecule has 2 aliphatic carbocycles. The smallest absolute Gasteiger partial charge is 0.329 e. The quantitative estimate of drug-likeness (QED) is 0.0655. The van der Waals surface area contributed by atoms with E-state index in [1.54, 1.807) is 33.9 Å². The summed E-state index contributed by atoms with van der Waals surface area (Å²) in [5.41, 5.74) is 5.28. The lowest BCUT2D eigenvalue weighted by Crippen LogP contribution is -2.66. The minimum Gasteiger partial charge on any atom is -0.407 e. The van der Waals surface area contributed by atoms with Gasteiger partial charge in [-0.15, -0.1) is 0 Å². The van der Waals surface area contributed by atoms with Gasteiger partial charge < -0.3 is 18.7 Å². The molecule has 0 saturated heterocycles. The Hall–Kier alpha value is -7.48. The third-order valence-electron chi connectivity index (χ3n) is 14.5. The van der Waals surface area contributed by atoms with Gasteiger partial charge in [-0.1, -0.05) is 81.4 Å². The molecule has 0 aliphatic heterocycles. The van der Waals surface area contributed by atoms with Gasteiger partial charge in [0.2, 0.25) is 0 Å². The molecule has 0 amide bonds. The Balaban J connectivity index is 0.000000178. The van der Waals surface area contributed by atoms with E-state index in [2.05, 4.69) is 106 Å². The Kier molecular flexibility index (Phi) is 13.7. The summed E-state index contributed by atoms with van der Waals surface area (Å²) < 4.78 is 46.1. The van der Waals surface area contributed by atoms with Crippen molar-refractivity contribution in [2.45, 2.75) is 115 Å². The molecule has 0 spiro atoms. The number of benzene rings is 2. The molecule has 1 N–H and O–H groups in total. The number of halogens is 2. The number of nitrogens with zero attached hydrogens (tertiary/aromatic N) is 12. The van der Waals surface area contributed by atoms with Gasteiger partial charge >= 0.3 is 11.4 Å². The number of aromatic nitrogens is 12. The molecule has 8 heterocycles. The second kappa shape index (κ2) is 20.7. The first-order valence-corrected chi connectivity index (χ1v) is 27.8. The Bertz CT molecular complexity index is 3740. The number of pyridine rings is 4. The zero-order valence-electron chi connectivity index (χ0n) is 42.4. The van der Waals surface area contributed by atoms with Crippen LogP contribution < -0.4 is 21.8 Å². The van der Waals surface area contributed by atoms with Gasteiger partial charge in [-0.05, 0) is 78.9 Å². The number of rotatable bonds is 18. The fourth-order valence-corrected chi connectivity index (χ4v) is 15.3. The van der Waals surface area contributed by atoms with Gasteiger partial charge in [0.15, 0.2) is 11.3 Å². The van der Waals surface area contributed by atoms with Crippen molar-refractivity contribution in [2.75, 3.05) is 13.2 Å². The van der Waals surface area contributed by atoms with Crippen LogP contribution in [-0.4, -0.2) is 83.9 Å². The van der Waals surface area contributed by atoms with Gasteiger partial charge in [-0.25, -0.2) is 38.3 Å². The molecule has 12 rings (SSSR count). The third-order valence-corrected chi connectivity index (χ3v) is 19.6. The van der Waals surface area contributed by atoms with Gasteiger partial charge in [0.05, 0.1) is 59.9 Å². The predicted molar refractivity (Wildman–Crippen MR) is 287 cm³/mol. The van der Waals surface area contributed by atoms with Crippen molar-refractivity contribution in [1.82, 2.24) is 57.3 Å². The third kappa shape index (κ3) is 9.64. The van der Waals surface area contributed by atoms with E-state index in [4.69, 9.17) is 14.5 Å². The molecular formula is C56H60F2N12O4Si. The first-order valence-electron chi connectivity index (χ1n) is 25.9. The van der Waals surface area contributed by atoms with Crippen molar-refractivity contribution in [3.8, 4) is 0 Å². The highest BCUT2D eigenvalue weighted by Crippen LogP contribution is 2.38. The highest BCUT2D eigenvalue weighted by Gasteiger charge is 2.50. The van der Waals surface area contributed by atoms with Crippen LogP contribution in [-0.2, 0) is 30.6 Å². The molecule has 386 valence electrons. The van der Waals surface area contributed by atoms with Crippen LogP contribution in [0.5, 0.6) is 0 Å². The predicted octanol–water partition coefficient (Wildman–Crippen LogP) is 8.06. The molecule has 0 radical (unpaired) electrons. The van der Waals surface area contributed by atoms with Crippen LogP contribution in [0.1, 0.15) is 95.9 Å². The molecule has 8 aromatic heterocycles. The van der Waals surface area contributed by atoms with Crippen LogP contribution in [0.25, 0.3) is 44.4 Å². The fourth-order valence-electron chi connectivity index (χ4n) is 10.7. The number of aliphatic hydroxyl groups is 1. The van der Waals surface area contributed by atoms with Gasteiger partial charge in [0.1, 0.15) is 34.3 Å². The molecule has 2 aliphatic rings. The Morgan fingerprint density at radius 2 is 1.05 bits per heavy atom. The van der Waals surface area contributed by atoms with Crippen LogP contribution in [0.3, 0.4) is 0 Å². The average molecular weight is 1030 g/mol. The summed E-state index contributed by atoms with van der Waals surface area (Å²) in [6.07, 6.45) is 16.3. The molecule has 10 aromatic rings. The van der Waals surface area contributed by atoms with Crippen molar-refractivity contribution >= 4 is 63.1 Å². The SMILES string of the molecule is CC(C)(C)[Si](OCCCCn1c(Cn2c(=O)n(C3CC3)c3ccncc32)nc2cc(F)cnc21)(c1ccccc1)c1ccccc1.O=c1n(Cc2nc3cc(F)cnc3n2CCCCO)c2cnccc2n1C1CC1. The highest BCUT2D eigenvalue weighted by molar-refractivity contribution is 6.99. The van der Waals surface area contributed by atoms with Gasteiger partial charge in [0.25, 0.3) is 8.32 Å². The maximum Gasteiger partial charge on any atom is 0.329 e. The van der Waals surface area contributed by atoms with Gasteiger partial charge in [-0.3, -0.25) is 28.2 Å². The second-order valence-electron chi connectivity index (χ2n) is 20.7. The monoisotopic (exact) mass is 1030 g/mol. The summed E-state index contributed by atoms with van der Waals surface area (Å²) in [5.74, 6) is 0.420. The molecule has 75 heavy (non-hydrogen) atoms. The zero-order chi connectivity index (χ0) is 51.8. The molecule has 19 heteroatoms. The number of unbranched alkanes of at least 4 members (excludes halogenated alkanes) is 2. The topological polar surface area (TPSA) is 171 Å². The first-order chi connectivity index (χ1) is 36.4. The lowest BCUT2D eigenvalue weighted by Gasteiger charge is -2.43. The maximum atomic E-state index is 14.2. The standard InChI is InChI=1S/C36H39FN6O2Si.C20H21FN6O2/c1-36(2,3)46(28-12-6-4-7-13-28,29-14-8-5-9-15-29)45-21-11-10-20-41-33(40-30-22-26(37)23-39-34(30)41)25-42-32-24-38-19-18-31(32)43(35(42)44)27-16-17-27;21-13-9-15-19(23-10-13)25(7-1-2-8-28)18(24-15)12-26-17-11-22-6-5-16(17)27(20(26)29)14-3-4-14/h4-9,12-15,18-19,22-24,27H,10-11,16-17,20-21,25H2,1-3H3;5-6,9-11,14,28H,1-4,7-8,12H2. The molecule has 16 nitrogen and oxygen atoms in total. The molecular weight excluding hydrogens is 971 g/mol. The molecule has 0 atom stereocenters. The molecule has 2 saturated carbocycles. The summed E-state index contributed by atoms with van der Waals surface area (Å²) in [4.78, 5) is 53.3. The molecule has 2 aromatic carbocycles. The van der Waals surface area contributed by atoms with Crippen molar-refractivity contribution in [3.05, 3.63) is 166 Å². The van der Waals surface area contributed by atoms with Crippen LogP contribution in [0.4, 0.5) is 8.78 Å². The summed E-state index contributed by atoms with van der Waals surface area (Å²) in [5, 5.41) is 11.5. The molecule has 0 bridgehead atoms. The van der Waals surface area contributed by atoms with Gasteiger partial charge in [-0.2, -0.15) is 0 Å². The van der Waals surface area contributed by atoms with Crippen LogP contribution in [0.2, 0.25) is 5.04 Å². The lowest BCUT2D eigenvalue weighted by molar-refractivity contribution is 0.281. The van der Waals surface area contributed by atoms with Crippen LogP contribution in [0, 0.1) is 11.6 Å². The van der Waals surface area contributed by atoms with E-state index in [1.165, 1.54) is 34.9 Å². The normalized spacial score (nSPS) is 14.1. The number of hydrogen-bond acceptors (Lipinski definition) is 10. The summed E-state index contributed by atoms with van der Waals surface area (Å²) in [6, 6.07) is 28.3. The molecule has 0 unspecified atom stereocenters. The van der Waals surface area contributed by atoms with E-state index in [9.17, 15) is 18.4 Å². The van der Waals surface area contributed by atoms with Gasteiger partial charge in [0, 0.05) is 62.9 Å². The van der Waals surface area contributed by atoms with Crippen molar-refractivity contribution in [3.63, 3.8) is 0 Å². The fraction of sp³-hybridized carbons (Fsp3) is 0.357. The summed E-state index contributed by atoms with van der Waals surface area (Å²) >= 11 is 0. The van der Waals surface area contributed by atoms with Crippen molar-refractivity contribution < 1.29 is 18.3 Å². The first kappa shape index (κ1) is 49.7. The Morgan fingerprint density at radius 3 is 1.48 bits per heavy atom. The number of aliphatic hydroxyl groups excluding tert-OH is 1. The van der Waals surface area contributed by atoms with E-state index < -0.39 is 20.0 Å². The number of fused-ring (bicyclic) bond motifs is 4. The Morgan fingerprint density at radius 1 is 0.600 bits per heavy atom. The summed E-state index contributed by atoms with van der Waals surface area (Å²) in [6.45, 7) is 9.24. The van der Waals surface area contributed by atoms with E-state index in [0.717, 1.165) is 67.0 Å². The van der Waals surface area contributed by atoms with E-state index in [-0.39, 0.29) is 48.2 Å². The van der Waals surface area contributed by atoms with Crippen LogP contribution in [0.15, 0.2) is 132 Å². The maximum absolute atomic E-state index is 14.2. The second-order valence-corrected chi connectivity index (χ2v) is 25.0. The summed E-state index contributed by atoms with van der Waals surface area (Å²) in [7, 11) is -2.63. The van der Waals surface area contributed by atoms with E-state index in [1.807, 2.05) is 30.4 Å². The van der Waals surface area contributed by atoms with Crippen LogP contribution >= 0.6 is 0 Å². The van der Waals surface area contributed by atoms with E-state index >= 15 is 0 Å². The highest BCUT2D eigenvalue weighted by atomic mass is 28.4. The molecule has 2 fully saturated rings. The number of aryl methyl sites for hydroxylation is 2. The number of imidazole rings is 4. The van der Waals surface area contributed by atoms with Crippen molar-refractivity contribution in [1.29, 1.82) is 0 Å². The van der Waals surface area contributed by atoms with Crippen molar-refractivity contribution in [2.24, 2.45) is 0 Å². The zero-order valence-corrected chi connectivity index (χ0v) is 43.4. The Labute approximate surface area is 432 Å². The minimum atomic E-state index is -2.63. The lowest BCUT2D eigenvalue weighted by atomic mass is 10.2. The largest absolute Gasteiger partial charge is 0.407 e. The van der Waals surface area contributed by atoms with E-state index in [0.29, 0.717) is 60.1 Å². The average Bonchev–Trinajstić information content (AvgIpc) is 4.33. The number of hydrogen-bond donors (Lipinski definition) is 1.